The minimum absolute atomic E-state index is 0.130. The van der Waals surface area contributed by atoms with Crippen LogP contribution in [0.5, 0.6) is 11.5 Å². The molecule has 5 nitrogen and oxygen atoms in total. The summed E-state index contributed by atoms with van der Waals surface area (Å²) in [6, 6.07) is 8.50. The molecule has 2 N–H and O–H groups in total. The minimum Gasteiger partial charge on any atom is -0.503 e. The number of fused-ring (bicyclic) bond motifs is 1. The van der Waals surface area contributed by atoms with Crippen LogP contribution in [0.25, 0.3) is 22.0 Å². The summed E-state index contributed by atoms with van der Waals surface area (Å²) in [5.74, 6) is 0.320. The first-order chi connectivity index (χ1) is 11.9. The summed E-state index contributed by atoms with van der Waals surface area (Å²) < 4.78 is 5.07. The van der Waals surface area contributed by atoms with Crippen molar-refractivity contribution >= 4 is 45.2 Å². The molecule has 0 saturated heterocycles. The Morgan fingerprint density at radius 2 is 2.12 bits per heavy atom. The lowest BCUT2D eigenvalue weighted by molar-refractivity contribution is 0.373. The van der Waals surface area contributed by atoms with Crippen LogP contribution >= 0.6 is 23.2 Å². The molecule has 0 spiro atoms. The Morgan fingerprint density at radius 1 is 1.36 bits per heavy atom. The molecule has 0 amide bonds. The number of ether oxygens (including phenoxy) is 1. The molecule has 0 saturated carbocycles. The Hall–Kier alpha value is -2.50. The van der Waals surface area contributed by atoms with Gasteiger partial charge in [0.25, 0.3) is 5.56 Å². The molecule has 0 bridgehead atoms. The number of aromatic hydroxyl groups is 1. The summed E-state index contributed by atoms with van der Waals surface area (Å²) >= 11 is 12.3. The van der Waals surface area contributed by atoms with Gasteiger partial charge in [0.05, 0.1) is 28.1 Å². The number of aromatic nitrogens is 2. The van der Waals surface area contributed by atoms with Crippen LogP contribution in [0.4, 0.5) is 0 Å². The molecule has 0 radical (unpaired) electrons. The van der Waals surface area contributed by atoms with E-state index < -0.39 is 0 Å². The van der Waals surface area contributed by atoms with Crippen molar-refractivity contribution in [1.82, 2.24) is 9.97 Å². The molecule has 1 heterocycles. The Labute approximate surface area is 153 Å². The smallest absolute Gasteiger partial charge is 0.259 e. The molecule has 0 fully saturated rings. The van der Waals surface area contributed by atoms with E-state index in [-0.39, 0.29) is 32.9 Å². The largest absolute Gasteiger partial charge is 0.503 e. The van der Waals surface area contributed by atoms with Crippen molar-refractivity contribution in [2.24, 2.45) is 0 Å². The highest BCUT2D eigenvalue weighted by Crippen LogP contribution is 2.36. The van der Waals surface area contributed by atoms with Crippen molar-refractivity contribution in [3.05, 3.63) is 62.7 Å². The highest BCUT2D eigenvalue weighted by molar-refractivity contribution is 6.50. The molecule has 0 aliphatic carbocycles. The second kappa shape index (κ2) is 6.78. The molecular formula is C18H14Cl2N2O3. The van der Waals surface area contributed by atoms with Crippen molar-refractivity contribution in [2.45, 2.75) is 6.92 Å². The summed E-state index contributed by atoms with van der Waals surface area (Å²) in [7, 11) is 1.42. The minimum atomic E-state index is -0.267. The van der Waals surface area contributed by atoms with E-state index in [1.54, 1.807) is 24.3 Å². The number of hydrogen-bond donors (Lipinski definition) is 2. The third kappa shape index (κ3) is 3.34. The maximum Gasteiger partial charge on any atom is 0.259 e. The van der Waals surface area contributed by atoms with Gasteiger partial charge in [0.2, 0.25) is 0 Å². The van der Waals surface area contributed by atoms with Crippen molar-refractivity contribution < 1.29 is 9.84 Å². The van der Waals surface area contributed by atoms with E-state index in [2.05, 4.69) is 9.97 Å². The zero-order chi connectivity index (χ0) is 18.1. The third-order valence-electron chi connectivity index (χ3n) is 3.73. The molecule has 0 aliphatic heterocycles. The summed E-state index contributed by atoms with van der Waals surface area (Å²) in [5.41, 5.74) is 1.80. The number of methoxy groups -OCH3 is 1. The van der Waals surface area contributed by atoms with Crippen molar-refractivity contribution in [3.8, 4) is 11.5 Å². The Balaban J connectivity index is 2.12. The average molecular weight is 377 g/mol. The standard InChI is InChI=1S/C18H14Cl2N2O3/c1-9-4-3-5-11-15(9)21-17(22-18(11)24)13(20)7-10-6-12(19)16(23)14(8-10)25-2/h3-8,23H,1-2H3,(H,21,22,24). The predicted octanol–water partition coefficient (Wildman–Crippen LogP) is 4.34. The lowest BCUT2D eigenvalue weighted by Gasteiger charge is -2.07. The number of benzene rings is 2. The SMILES string of the molecule is COc1cc(C=C(Cl)c2nc3c(C)cccc3c(=O)[nH]2)cc(Cl)c1O. The fourth-order valence-electron chi connectivity index (χ4n) is 2.47. The molecule has 2 aromatic carbocycles. The fraction of sp³-hybridized carbons (Fsp3) is 0.111. The van der Waals surface area contributed by atoms with Gasteiger partial charge in [-0.3, -0.25) is 4.79 Å². The van der Waals surface area contributed by atoms with Gasteiger partial charge >= 0.3 is 0 Å². The Kier molecular flexibility index (Phi) is 4.70. The van der Waals surface area contributed by atoms with Crippen LogP contribution in [0.2, 0.25) is 5.02 Å². The highest BCUT2D eigenvalue weighted by Gasteiger charge is 2.11. The number of hydrogen-bond acceptors (Lipinski definition) is 4. The summed E-state index contributed by atoms with van der Waals surface area (Å²) in [6.45, 7) is 1.88. The van der Waals surface area contributed by atoms with E-state index >= 15 is 0 Å². The molecule has 0 aliphatic rings. The van der Waals surface area contributed by atoms with Crippen LogP contribution in [-0.4, -0.2) is 22.2 Å². The number of aryl methyl sites for hydroxylation is 1. The Morgan fingerprint density at radius 3 is 2.84 bits per heavy atom. The number of halogens is 2. The summed E-state index contributed by atoms with van der Waals surface area (Å²) in [6.07, 6.45) is 1.58. The van der Waals surface area contributed by atoms with Crippen molar-refractivity contribution in [3.63, 3.8) is 0 Å². The quantitative estimate of drug-likeness (QED) is 0.712. The second-order valence-corrected chi connectivity index (χ2v) is 6.25. The van der Waals surface area contributed by atoms with Gasteiger partial charge in [0.15, 0.2) is 17.3 Å². The normalized spacial score (nSPS) is 11.8. The van der Waals surface area contributed by atoms with Crippen LogP contribution in [-0.2, 0) is 0 Å². The van der Waals surface area contributed by atoms with Gasteiger partial charge in [-0.15, -0.1) is 0 Å². The van der Waals surface area contributed by atoms with E-state index in [0.717, 1.165) is 5.56 Å². The maximum absolute atomic E-state index is 12.3. The summed E-state index contributed by atoms with van der Waals surface area (Å²) in [4.78, 5) is 19.4. The molecule has 128 valence electrons. The van der Waals surface area contributed by atoms with E-state index in [9.17, 15) is 9.90 Å². The zero-order valence-corrected chi connectivity index (χ0v) is 14.9. The van der Waals surface area contributed by atoms with E-state index in [0.29, 0.717) is 16.5 Å². The Bertz CT molecular complexity index is 1060. The molecule has 3 aromatic rings. The number of nitrogens with zero attached hydrogens (tertiary/aromatic N) is 1. The van der Waals surface area contributed by atoms with E-state index in [1.165, 1.54) is 13.2 Å². The van der Waals surface area contributed by atoms with Crippen LogP contribution in [0.3, 0.4) is 0 Å². The van der Waals surface area contributed by atoms with Gasteiger partial charge in [-0.2, -0.15) is 0 Å². The highest BCUT2D eigenvalue weighted by atomic mass is 35.5. The van der Waals surface area contributed by atoms with Crippen LogP contribution < -0.4 is 10.3 Å². The second-order valence-electron chi connectivity index (χ2n) is 5.43. The van der Waals surface area contributed by atoms with Gasteiger partial charge in [0.1, 0.15) is 0 Å². The van der Waals surface area contributed by atoms with E-state index in [1.807, 2.05) is 13.0 Å². The average Bonchev–Trinajstić information content (AvgIpc) is 2.58. The van der Waals surface area contributed by atoms with Gasteiger partial charge in [-0.25, -0.2) is 4.98 Å². The van der Waals surface area contributed by atoms with Gasteiger partial charge in [-0.05, 0) is 42.3 Å². The third-order valence-corrected chi connectivity index (χ3v) is 4.30. The predicted molar refractivity (Wildman–Crippen MR) is 100 cm³/mol. The first-order valence-corrected chi connectivity index (χ1v) is 8.10. The fourth-order valence-corrected chi connectivity index (χ4v) is 2.90. The number of rotatable bonds is 3. The number of para-hydroxylation sites is 1. The van der Waals surface area contributed by atoms with Gasteiger partial charge < -0.3 is 14.8 Å². The first kappa shape index (κ1) is 17.3. The number of phenolic OH excluding ortho intramolecular Hbond substituents is 1. The molecule has 0 atom stereocenters. The van der Waals surface area contributed by atoms with Gasteiger partial charge in [0, 0.05) is 0 Å². The van der Waals surface area contributed by atoms with Gasteiger partial charge in [-0.1, -0.05) is 35.3 Å². The topological polar surface area (TPSA) is 75.2 Å². The molecule has 1 aromatic heterocycles. The number of aromatic amines is 1. The zero-order valence-electron chi connectivity index (χ0n) is 13.4. The molecule has 7 heteroatoms. The molecule has 3 rings (SSSR count). The number of phenols is 1. The molecule has 0 unspecified atom stereocenters. The molecular weight excluding hydrogens is 363 g/mol. The summed E-state index contributed by atoms with van der Waals surface area (Å²) in [5, 5.41) is 10.6. The number of nitrogens with one attached hydrogen (secondary N) is 1. The lowest BCUT2D eigenvalue weighted by atomic mass is 10.1. The number of H-pyrrole nitrogens is 1. The lowest BCUT2D eigenvalue weighted by Crippen LogP contribution is -2.11. The van der Waals surface area contributed by atoms with Crippen molar-refractivity contribution in [1.29, 1.82) is 0 Å². The first-order valence-electron chi connectivity index (χ1n) is 7.34. The van der Waals surface area contributed by atoms with E-state index in [4.69, 9.17) is 27.9 Å². The monoisotopic (exact) mass is 376 g/mol. The van der Waals surface area contributed by atoms with Crippen LogP contribution in [0.15, 0.2) is 35.1 Å². The maximum atomic E-state index is 12.3. The van der Waals surface area contributed by atoms with Crippen LogP contribution in [0, 0.1) is 6.92 Å². The molecule has 25 heavy (non-hydrogen) atoms. The van der Waals surface area contributed by atoms with Crippen LogP contribution in [0.1, 0.15) is 17.0 Å². The van der Waals surface area contributed by atoms with Crippen molar-refractivity contribution in [2.75, 3.05) is 7.11 Å².